The minimum Gasteiger partial charge on any atom is -0.457 e. The van der Waals surface area contributed by atoms with Gasteiger partial charge in [-0.2, -0.15) is 0 Å². The van der Waals surface area contributed by atoms with E-state index in [1.54, 1.807) is 22.7 Å². The molecule has 0 spiro atoms. The average Bonchev–Trinajstić information content (AvgIpc) is 3.88. The van der Waals surface area contributed by atoms with E-state index in [0.29, 0.717) is 12.8 Å². The first-order valence-electron chi connectivity index (χ1n) is 25.6. The number of unbranched alkanes of at least 4 members (excludes halogenated alkanes) is 18. The zero-order chi connectivity index (χ0) is 48.4. The molecule has 8 nitrogen and oxygen atoms in total. The second-order valence-electron chi connectivity index (χ2n) is 19.1. The molecule has 6 rings (SSSR count). The number of thiophene rings is 2. The van der Waals surface area contributed by atoms with Crippen LogP contribution in [0.4, 0.5) is 0 Å². The number of ether oxygens (including phenoxy) is 4. The number of rotatable bonds is 30. The van der Waals surface area contributed by atoms with Crippen molar-refractivity contribution in [3.8, 4) is 0 Å². The third kappa shape index (κ3) is 14.9. The van der Waals surface area contributed by atoms with Crippen LogP contribution in [0.1, 0.15) is 215 Å². The van der Waals surface area contributed by atoms with E-state index in [2.05, 4.69) is 38.1 Å². The molecule has 4 aromatic rings. The summed E-state index contributed by atoms with van der Waals surface area (Å²) in [5.74, 6) is -3.21. The Hall–Kier alpha value is -2.34. The second-order valence-corrected chi connectivity index (χ2v) is 22.2. The first kappa shape index (κ1) is 55.0. The zero-order valence-electron chi connectivity index (χ0n) is 40.2. The number of alkyl halides is 4. The lowest BCUT2D eigenvalue weighted by Crippen LogP contribution is -2.30. The van der Waals surface area contributed by atoms with Crippen molar-refractivity contribution in [3.63, 3.8) is 0 Å². The number of carbonyl (C=O) groups excluding carboxylic acids is 4. The molecule has 0 N–H and O–H groups in total. The van der Waals surface area contributed by atoms with Gasteiger partial charge in [-0.15, -0.1) is 69.1 Å². The topological polar surface area (TPSA) is 105 Å². The molecule has 6 atom stereocenters. The van der Waals surface area contributed by atoms with Crippen LogP contribution in [0.15, 0.2) is 24.3 Å². The Balaban J connectivity index is 1.31. The molecule has 0 radical (unpaired) electrons. The van der Waals surface area contributed by atoms with Crippen LogP contribution < -0.4 is 0 Å². The van der Waals surface area contributed by atoms with Crippen molar-refractivity contribution in [2.45, 2.75) is 192 Å². The van der Waals surface area contributed by atoms with Gasteiger partial charge in [-0.1, -0.05) is 142 Å². The molecule has 376 valence electrons. The van der Waals surface area contributed by atoms with E-state index in [-0.39, 0.29) is 35.4 Å². The summed E-state index contributed by atoms with van der Waals surface area (Å²) in [5.41, 5.74) is 3.26. The van der Waals surface area contributed by atoms with Gasteiger partial charge in [0.2, 0.25) is 0 Å². The van der Waals surface area contributed by atoms with E-state index in [1.807, 2.05) is 0 Å². The second kappa shape index (κ2) is 28.6. The van der Waals surface area contributed by atoms with Crippen molar-refractivity contribution in [2.24, 2.45) is 11.8 Å². The number of hydrogen-bond donors (Lipinski definition) is 0. The highest BCUT2D eigenvalue weighted by Crippen LogP contribution is 2.54. The molecule has 2 aliphatic rings. The van der Waals surface area contributed by atoms with Gasteiger partial charge in [0.25, 0.3) is 0 Å². The fraction of sp³-hybridized carbons (Fsp3) is 0.667. The minimum atomic E-state index is -0.571. The highest BCUT2D eigenvalue weighted by molar-refractivity contribution is 7.36. The molecular weight excluding hydrogens is 983 g/mol. The first-order chi connectivity index (χ1) is 33.1. The maximum absolute atomic E-state index is 13.0. The third-order valence-corrected chi connectivity index (χ3v) is 17.4. The summed E-state index contributed by atoms with van der Waals surface area (Å²) in [5, 5.41) is 2.01. The van der Waals surface area contributed by atoms with Gasteiger partial charge >= 0.3 is 23.9 Å². The predicted molar refractivity (Wildman–Crippen MR) is 282 cm³/mol. The van der Waals surface area contributed by atoms with E-state index in [0.717, 1.165) is 103 Å². The predicted octanol–water partition coefficient (Wildman–Crippen LogP) is 17.2. The molecule has 0 saturated carbocycles. The molecule has 68 heavy (non-hydrogen) atoms. The van der Waals surface area contributed by atoms with Gasteiger partial charge in [0.05, 0.1) is 9.40 Å². The summed E-state index contributed by atoms with van der Waals surface area (Å²) in [4.78, 5) is 51.7. The maximum atomic E-state index is 13.0. The van der Waals surface area contributed by atoms with Crippen molar-refractivity contribution in [1.29, 1.82) is 0 Å². The number of fused-ring (bicyclic) bond motifs is 7. The van der Waals surface area contributed by atoms with Crippen molar-refractivity contribution < 1.29 is 38.1 Å². The summed E-state index contributed by atoms with van der Waals surface area (Å²) in [6.45, 7) is 4.48. The normalized spacial score (nSPS) is 20.1. The summed E-state index contributed by atoms with van der Waals surface area (Å²) in [7, 11) is 0. The summed E-state index contributed by atoms with van der Waals surface area (Å²) < 4.78 is 28.7. The summed E-state index contributed by atoms with van der Waals surface area (Å²) in [6, 6.07) is 8.42. The first-order valence-corrected chi connectivity index (χ1v) is 29.4. The fourth-order valence-corrected chi connectivity index (χ4v) is 13.6. The zero-order valence-corrected chi connectivity index (χ0v) is 44.8. The summed E-state index contributed by atoms with van der Waals surface area (Å²) >= 11 is 27.5. The largest absolute Gasteiger partial charge is 0.457 e. The lowest BCUT2D eigenvalue weighted by molar-refractivity contribution is -0.156. The van der Waals surface area contributed by atoms with Crippen LogP contribution in [0, 0.1) is 11.8 Å². The molecule has 0 fully saturated rings. The Labute approximate surface area is 432 Å². The van der Waals surface area contributed by atoms with Crippen LogP contribution >= 0.6 is 69.1 Å². The highest BCUT2D eigenvalue weighted by Gasteiger charge is 2.41. The van der Waals surface area contributed by atoms with Crippen molar-refractivity contribution in [1.82, 2.24) is 0 Å². The van der Waals surface area contributed by atoms with E-state index in [1.165, 1.54) is 89.9 Å². The highest BCUT2D eigenvalue weighted by atomic mass is 35.5. The Morgan fingerprint density at radius 3 is 1.13 bits per heavy atom. The Morgan fingerprint density at radius 2 is 0.750 bits per heavy atom. The lowest BCUT2D eigenvalue weighted by atomic mass is 9.76. The molecular formula is C54H72Cl4O8S2. The average molecular weight is 1060 g/mol. The van der Waals surface area contributed by atoms with Crippen molar-refractivity contribution in [2.75, 3.05) is 23.5 Å². The molecule has 2 heterocycles. The molecule has 2 aromatic heterocycles. The van der Waals surface area contributed by atoms with Crippen LogP contribution in [-0.2, 0) is 38.1 Å². The standard InChI is InChI=1S/C54H72Cl4O8S2/c1-3-5-7-9-11-13-15-17-19-21-23-35-26-44(64-48(60)32-56)38-29-45-42(28-39(38)51(35)65-49(61)33-57)54-53(67-45)41-27-37-40(30-46(41)68-54)52(66-50(62)34-58)36(25-43(37)63-47(59)31-55)24-22-20-18-16-14-12-10-8-6-4-2/h27-30,35-36,43-44,51-52H,3-26,31-34H2,1-2H3. The monoisotopic (exact) mass is 1050 g/mol. The summed E-state index contributed by atoms with van der Waals surface area (Å²) in [6.07, 6.45) is 24.7. The quantitative estimate of drug-likeness (QED) is 0.0220. The number of benzene rings is 2. The Bertz CT molecular complexity index is 2260. The van der Waals surface area contributed by atoms with Gasteiger partial charge in [-0.3, -0.25) is 19.2 Å². The van der Waals surface area contributed by atoms with E-state index >= 15 is 0 Å². The maximum Gasteiger partial charge on any atom is 0.321 e. The number of hydrogen-bond acceptors (Lipinski definition) is 10. The Kier molecular flexibility index (Phi) is 23.2. The molecule has 6 unspecified atom stereocenters. The lowest BCUT2D eigenvalue weighted by Gasteiger charge is -2.37. The van der Waals surface area contributed by atoms with Crippen molar-refractivity contribution in [3.05, 3.63) is 46.5 Å². The number of halogens is 4. The van der Waals surface area contributed by atoms with Gasteiger partial charge < -0.3 is 18.9 Å². The molecule has 0 bridgehead atoms. The molecule has 0 saturated heterocycles. The van der Waals surface area contributed by atoms with Gasteiger partial charge in [-0.25, -0.2) is 0 Å². The number of carbonyl (C=O) groups is 4. The van der Waals surface area contributed by atoms with Gasteiger partial charge in [0, 0.05) is 54.3 Å². The van der Waals surface area contributed by atoms with Gasteiger partial charge in [-0.05, 0) is 49.9 Å². The van der Waals surface area contributed by atoms with E-state index < -0.39 is 48.3 Å². The molecule has 0 aliphatic heterocycles. The number of esters is 4. The van der Waals surface area contributed by atoms with Gasteiger partial charge in [0.15, 0.2) is 0 Å². The molecule has 0 amide bonds. The van der Waals surface area contributed by atoms with Crippen molar-refractivity contribution >= 4 is 123 Å². The van der Waals surface area contributed by atoms with Crippen LogP contribution in [0.5, 0.6) is 0 Å². The fourth-order valence-electron chi connectivity index (χ4n) is 10.6. The van der Waals surface area contributed by atoms with Gasteiger partial charge in [0.1, 0.15) is 47.9 Å². The Morgan fingerprint density at radius 1 is 0.441 bits per heavy atom. The van der Waals surface area contributed by atoms with Crippen LogP contribution in [0.3, 0.4) is 0 Å². The molecule has 2 aliphatic carbocycles. The van der Waals surface area contributed by atoms with Crippen LogP contribution in [0.2, 0.25) is 0 Å². The third-order valence-electron chi connectivity index (χ3n) is 14.0. The minimum absolute atomic E-state index is 0.0792. The van der Waals surface area contributed by atoms with Crippen LogP contribution in [-0.4, -0.2) is 47.4 Å². The van der Waals surface area contributed by atoms with E-state index in [9.17, 15) is 19.2 Å². The van der Waals surface area contributed by atoms with E-state index in [4.69, 9.17) is 65.4 Å². The SMILES string of the molecule is CCCCCCCCCCCCC1CC(OC(=O)CCl)c2cc3c(cc2C1OC(=O)CCl)sc1c2cc4c(cc2sc31)C(OC(=O)CCl)CC(CCCCCCCCCCCC)C4OC(=O)CCl. The smallest absolute Gasteiger partial charge is 0.321 e. The molecule has 2 aromatic carbocycles. The van der Waals surface area contributed by atoms with Crippen LogP contribution in [0.25, 0.3) is 29.6 Å². The molecule has 14 heteroatoms.